The van der Waals surface area contributed by atoms with Crippen molar-refractivity contribution >= 4 is 17.7 Å². The molecule has 1 N–H and O–H groups in total. The van der Waals surface area contributed by atoms with Crippen LogP contribution < -0.4 is 10.1 Å². The number of carbonyl (C=O) groups excluding carboxylic acids is 3. The number of benzene rings is 1. The Labute approximate surface area is 209 Å². The molecule has 2 heterocycles. The van der Waals surface area contributed by atoms with Gasteiger partial charge in [0, 0.05) is 43.6 Å². The Kier molecular flexibility index (Phi) is 9.75. The van der Waals surface area contributed by atoms with E-state index in [1.165, 1.54) is 0 Å². The fraction of sp³-hybridized carbons (Fsp3) is 0.607. The summed E-state index contributed by atoms with van der Waals surface area (Å²) in [6, 6.07) is 7.82. The van der Waals surface area contributed by atoms with Crippen LogP contribution in [0.3, 0.4) is 0 Å². The lowest BCUT2D eigenvalue weighted by Crippen LogP contribution is -2.49. The fourth-order valence-corrected chi connectivity index (χ4v) is 5.07. The summed E-state index contributed by atoms with van der Waals surface area (Å²) in [6.45, 7) is 9.90. The van der Waals surface area contributed by atoms with E-state index in [2.05, 4.69) is 11.4 Å². The van der Waals surface area contributed by atoms with Gasteiger partial charge in [-0.25, -0.2) is 0 Å². The minimum atomic E-state index is -0.105. The van der Waals surface area contributed by atoms with Crippen molar-refractivity contribution in [2.24, 2.45) is 17.8 Å². The van der Waals surface area contributed by atoms with Crippen LogP contribution in [0.15, 0.2) is 36.4 Å². The van der Waals surface area contributed by atoms with Gasteiger partial charge in [0.05, 0.1) is 0 Å². The molecule has 7 nitrogen and oxygen atoms in total. The molecule has 192 valence electrons. The normalized spacial score (nSPS) is 21.9. The van der Waals surface area contributed by atoms with E-state index >= 15 is 0 Å². The van der Waals surface area contributed by atoms with Gasteiger partial charge in [-0.3, -0.25) is 14.4 Å². The third-order valence-electron chi connectivity index (χ3n) is 7.08. The molecule has 1 fully saturated rings. The number of amides is 3. The zero-order valence-corrected chi connectivity index (χ0v) is 21.7. The van der Waals surface area contributed by atoms with Gasteiger partial charge in [-0.15, -0.1) is 0 Å². The molecule has 1 aromatic carbocycles. The summed E-state index contributed by atoms with van der Waals surface area (Å²) in [5, 5.41) is 2.99. The molecule has 7 heteroatoms. The van der Waals surface area contributed by atoms with Crippen LogP contribution in [0.25, 0.3) is 0 Å². The maximum absolute atomic E-state index is 13.4. The van der Waals surface area contributed by atoms with E-state index in [1.807, 2.05) is 62.9 Å². The number of nitrogens with one attached hydrogen (secondary N) is 1. The number of fused-ring (bicyclic) bond motifs is 3. The number of nitrogens with zero attached hydrogens (tertiary/aromatic N) is 2. The number of para-hydroxylation sites is 1. The molecule has 0 aromatic heterocycles. The number of ether oxygens (including phenoxy) is 1. The van der Waals surface area contributed by atoms with E-state index in [9.17, 15) is 14.4 Å². The minimum absolute atomic E-state index is 0.0166. The van der Waals surface area contributed by atoms with Crippen LogP contribution in [0, 0.1) is 17.8 Å². The summed E-state index contributed by atoms with van der Waals surface area (Å²) < 4.78 is 6.07. The Morgan fingerprint density at radius 1 is 1.14 bits per heavy atom. The second-order valence-corrected chi connectivity index (χ2v) is 10.0. The van der Waals surface area contributed by atoms with Gasteiger partial charge in [-0.1, -0.05) is 44.2 Å². The van der Waals surface area contributed by atoms with Crippen LogP contribution in [-0.4, -0.2) is 59.8 Å². The SMILES string of the molecule is CCC(CC)C(=O)N1CC(=O)N2CC[C@@H](CC(=O)NC(C)C)[C@@H](/C=C\COc3ccccc3C1)C2. The lowest BCUT2D eigenvalue weighted by Gasteiger charge is -2.38. The highest BCUT2D eigenvalue weighted by Crippen LogP contribution is 2.29. The Morgan fingerprint density at radius 3 is 2.60 bits per heavy atom. The molecule has 0 radical (unpaired) electrons. The number of rotatable bonds is 6. The molecule has 35 heavy (non-hydrogen) atoms. The Morgan fingerprint density at radius 2 is 1.89 bits per heavy atom. The standard InChI is InChI=1S/C28H41N3O4/c1-5-21(6-2)28(34)31-18-24-10-7-8-12-25(24)35-15-9-11-23-17-30(27(33)19-31)14-13-22(23)16-26(32)29-20(3)4/h7-12,20-23H,5-6,13-19H2,1-4H3,(H,29,32)/b11-9-/t22-,23-/m0/s1. The van der Waals surface area contributed by atoms with Gasteiger partial charge >= 0.3 is 0 Å². The van der Waals surface area contributed by atoms with E-state index < -0.39 is 0 Å². The van der Waals surface area contributed by atoms with Crippen molar-refractivity contribution in [1.29, 1.82) is 0 Å². The summed E-state index contributed by atoms with van der Waals surface area (Å²) in [6.07, 6.45) is 6.78. The van der Waals surface area contributed by atoms with Gasteiger partial charge < -0.3 is 19.9 Å². The van der Waals surface area contributed by atoms with Crippen molar-refractivity contribution in [3.05, 3.63) is 42.0 Å². The number of carbonyl (C=O) groups is 3. The van der Waals surface area contributed by atoms with Crippen LogP contribution >= 0.6 is 0 Å². The summed E-state index contributed by atoms with van der Waals surface area (Å²) in [5.74, 6) is 0.872. The van der Waals surface area contributed by atoms with Gasteiger partial charge in [-0.2, -0.15) is 0 Å². The number of hydrogen-bond acceptors (Lipinski definition) is 4. The lowest BCUT2D eigenvalue weighted by atomic mass is 9.82. The highest BCUT2D eigenvalue weighted by molar-refractivity contribution is 5.86. The first kappa shape index (κ1) is 26.8. The second-order valence-electron chi connectivity index (χ2n) is 10.0. The zero-order valence-electron chi connectivity index (χ0n) is 21.7. The predicted octanol–water partition coefficient (Wildman–Crippen LogP) is 3.78. The molecule has 2 bridgehead atoms. The van der Waals surface area contributed by atoms with Gasteiger partial charge in [0.15, 0.2) is 0 Å². The third kappa shape index (κ3) is 7.33. The van der Waals surface area contributed by atoms with E-state index in [-0.39, 0.29) is 48.1 Å². The molecule has 0 saturated carbocycles. The summed E-state index contributed by atoms with van der Waals surface area (Å²) in [7, 11) is 0. The highest BCUT2D eigenvalue weighted by atomic mass is 16.5. The molecular weight excluding hydrogens is 442 g/mol. The van der Waals surface area contributed by atoms with Crippen molar-refractivity contribution < 1.29 is 19.1 Å². The Balaban J connectivity index is 1.86. The summed E-state index contributed by atoms with van der Waals surface area (Å²) in [4.78, 5) is 42.8. The molecule has 2 aliphatic rings. The van der Waals surface area contributed by atoms with Crippen molar-refractivity contribution in [1.82, 2.24) is 15.1 Å². The molecule has 3 amide bonds. The first-order valence-corrected chi connectivity index (χ1v) is 13.1. The van der Waals surface area contributed by atoms with Crippen molar-refractivity contribution in [3.8, 4) is 5.75 Å². The average Bonchev–Trinajstić information content (AvgIpc) is 2.83. The topological polar surface area (TPSA) is 79.0 Å². The van der Waals surface area contributed by atoms with Gasteiger partial charge in [0.1, 0.15) is 18.9 Å². The molecule has 1 aromatic rings. The molecule has 0 spiro atoms. The molecule has 3 rings (SSSR count). The van der Waals surface area contributed by atoms with E-state index in [0.29, 0.717) is 32.7 Å². The van der Waals surface area contributed by atoms with Gasteiger partial charge in [0.25, 0.3) is 0 Å². The van der Waals surface area contributed by atoms with E-state index in [0.717, 1.165) is 30.6 Å². The van der Waals surface area contributed by atoms with Crippen LogP contribution in [0.5, 0.6) is 5.75 Å². The predicted molar refractivity (Wildman–Crippen MR) is 137 cm³/mol. The van der Waals surface area contributed by atoms with Gasteiger partial charge in [0.2, 0.25) is 17.7 Å². The molecular formula is C28H41N3O4. The van der Waals surface area contributed by atoms with E-state index in [1.54, 1.807) is 4.90 Å². The maximum Gasteiger partial charge on any atom is 0.242 e. The maximum atomic E-state index is 13.4. The molecule has 0 aliphatic carbocycles. The first-order chi connectivity index (χ1) is 16.8. The second kappa shape index (κ2) is 12.8. The molecule has 2 aliphatic heterocycles. The molecule has 1 saturated heterocycles. The fourth-order valence-electron chi connectivity index (χ4n) is 5.07. The largest absolute Gasteiger partial charge is 0.489 e. The monoisotopic (exact) mass is 483 g/mol. The summed E-state index contributed by atoms with van der Waals surface area (Å²) >= 11 is 0. The minimum Gasteiger partial charge on any atom is -0.489 e. The lowest BCUT2D eigenvalue weighted by molar-refractivity contribution is -0.144. The quantitative estimate of drug-likeness (QED) is 0.625. The average molecular weight is 484 g/mol. The molecule has 0 unspecified atom stereocenters. The number of hydrogen-bond donors (Lipinski definition) is 1. The van der Waals surface area contributed by atoms with Crippen LogP contribution in [0.2, 0.25) is 0 Å². The Bertz CT molecular complexity index is 909. The zero-order chi connectivity index (χ0) is 25.4. The number of piperidine rings is 1. The smallest absolute Gasteiger partial charge is 0.242 e. The van der Waals surface area contributed by atoms with Crippen molar-refractivity contribution in [2.45, 2.75) is 66.0 Å². The molecule has 2 atom stereocenters. The highest BCUT2D eigenvalue weighted by Gasteiger charge is 2.33. The van der Waals surface area contributed by atoms with Crippen molar-refractivity contribution in [3.63, 3.8) is 0 Å². The third-order valence-corrected chi connectivity index (χ3v) is 7.08. The van der Waals surface area contributed by atoms with Gasteiger partial charge in [-0.05, 0) is 51.0 Å². The Hall–Kier alpha value is -2.83. The summed E-state index contributed by atoms with van der Waals surface area (Å²) in [5.41, 5.74) is 0.897. The van der Waals surface area contributed by atoms with Crippen LogP contribution in [0.1, 0.15) is 58.9 Å². The van der Waals surface area contributed by atoms with Crippen LogP contribution in [-0.2, 0) is 20.9 Å². The van der Waals surface area contributed by atoms with E-state index in [4.69, 9.17) is 4.74 Å². The van der Waals surface area contributed by atoms with Crippen molar-refractivity contribution in [2.75, 3.05) is 26.2 Å². The first-order valence-electron chi connectivity index (χ1n) is 13.1. The van der Waals surface area contributed by atoms with Crippen LogP contribution in [0.4, 0.5) is 0 Å².